The maximum atomic E-state index is 6.32. The second-order valence-corrected chi connectivity index (χ2v) is 5.97. The lowest BCUT2D eigenvalue weighted by atomic mass is 10.1. The highest BCUT2D eigenvalue weighted by Crippen LogP contribution is 2.27. The highest BCUT2D eigenvalue weighted by molar-refractivity contribution is 7.18. The van der Waals surface area contributed by atoms with Crippen molar-refractivity contribution >= 4 is 21.6 Å². The number of aromatic nitrogens is 1. The Morgan fingerprint density at radius 3 is 2.86 bits per heavy atom. The summed E-state index contributed by atoms with van der Waals surface area (Å²) >= 11 is 1.67. The Balaban J connectivity index is 1.79. The maximum Gasteiger partial charge on any atom is 0.119 e. The molecule has 0 amide bonds. The van der Waals surface area contributed by atoms with Gasteiger partial charge in [-0.1, -0.05) is 24.3 Å². The zero-order chi connectivity index (χ0) is 14.7. The normalized spacial score (nSPS) is 12.5. The van der Waals surface area contributed by atoms with Crippen LogP contribution in [0.4, 0.5) is 0 Å². The molecule has 4 heteroatoms. The van der Waals surface area contributed by atoms with Crippen molar-refractivity contribution in [3.63, 3.8) is 0 Å². The summed E-state index contributed by atoms with van der Waals surface area (Å²) in [5.41, 5.74) is 8.52. The summed E-state index contributed by atoms with van der Waals surface area (Å²) in [5.74, 6) is 0.895. The second-order valence-electron chi connectivity index (χ2n) is 4.91. The number of hydrogen-bond acceptors (Lipinski definition) is 4. The molecule has 0 saturated heterocycles. The van der Waals surface area contributed by atoms with E-state index in [0.29, 0.717) is 6.61 Å². The molecule has 0 spiro atoms. The van der Waals surface area contributed by atoms with Gasteiger partial charge in [0.2, 0.25) is 0 Å². The van der Waals surface area contributed by atoms with Gasteiger partial charge in [0.15, 0.2) is 0 Å². The summed E-state index contributed by atoms with van der Waals surface area (Å²) in [6, 6.07) is 16.2. The fraction of sp³-hybridized carbons (Fsp3) is 0.235. The molecule has 0 aliphatic rings. The summed E-state index contributed by atoms with van der Waals surface area (Å²) in [5, 5.41) is 0.984. The summed E-state index contributed by atoms with van der Waals surface area (Å²) in [6.07, 6.45) is 0.765. The number of hydrogen-bond donors (Lipinski definition) is 1. The van der Waals surface area contributed by atoms with Crippen LogP contribution in [0.25, 0.3) is 10.2 Å². The van der Waals surface area contributed by atoms with E-state index in [2.05, 4.69) is 23.2 Å². The predicted octanol–water partition coefficient (Wildman–Crippen LogP) is 3.94. The van der Waals surface area contributed by atoms with Crippen LogP contribution in [-0.4, -0.2) is 11.6 Å². The maximum absolute atomic E-state index is 6.32. The molecule has 2 aromatic carbocycles. The molecule has 1 unspecified atom stereocenters. The molecular weight excluding hydrogens is 280 g/mol. The molecule has 0 aliphatic heterocycles. The fourth-order valence-electron chi connectivity index (χ4n) is 2.32. The van der Waals surface area contributed by atoms with Gasteiger partial charge in [0, 0.05) is 0 Å². The zero-order valence-electron chi connectivity index (χ0n) is 12.0. The van der Waals surface area contributed by atoms with Gasteiger partial charge in [0.05, 0.1) is 22.9 Å². The first-order valence-electron chi connectivity index (χ1n) is 7.09. The topological polar surface area (TPSA) is 48.1 Å². The lowest BCUT2D eigenvalue weighted by Crippen LogP contribution is -2.13. The van der Waals surface area contributed by atoms with E-state index < -0.39 is 0 Å². The van der Waals surface area contributed by atoms with Crippen LogP contribution in [0.2, 0.25) is 0 Å². The smallest absolute Gasteiger partial charge is 0.119 e. The van der Waals surface area contributed by atoms with E-state index in [-0.39, 0.29) is 6.04 Å². The van der Waals surface area contributed by atoms with Gasteiger partial charge in [-0.3, -0.25) is 0 Å². The fourth-order valence-corrected chi connectivity index (χ4v) is 3.29. The standard InChI is InChI=1S/C17H18N2OS/c1-2-20-13-7-5-6-12(10-13)11-14(18)17-19-15-8-3-4-9-16(15)21-17/h3-10,14H,2,11,18H2,1H3. The Kier molecular flexibility index (Phi) is 4.18. The van der Waals surface area contributed by atoms with Crippen molar-refractivity contribution in [3.05, 3.63) is 59.1 Å². The minimum atomic E-state index is -0.0840. The summed E-state index contributed by atoms with van der Waals surface area (Å²) in [7, 11) is 0. The second kappa shape index (κ2) is 6.24. The van der Waals surface area contributed by atoms with Gasteiger partial charge in [0.25, 0.3) is 0 Å². The molecule has 0 fully saturated rings. The Bertz CT molecular complexity index is 705. The SMILES string of the molecule is CCOc1cccc(CC(N)c2nc3ccccc3s2)c1. The molecule has 0 saturated carbocycles. The molecule has 1 heterocycles. The molecule has 0 bridgehead atoms. The molecule has 1 atom stereocenters. The highest BCUT2D eigenvalue weighted by Gasteiger charge is 2.13. The van der Waals surface area contributed by atoms with Crippen LogP contribution in [0.15, 0.2) is 48.5 Å². The van der Waals surface area contributed by atoms with Gasteiger partial charge in [-0.15, -0.1) is 11.3 Å². The minimum absolute atomic E-state index is 0.0840. The van der Waals surface area contributed by atoms with E-state index in [1.807, 2.05) is 37.3 Å². The first-order valence-corrected chi connectivity index (χ1v) is 7.90. The zero-order valence-corrected chi connectivity index (χ0v) is 12.8. The van der Waals surface area contributed by atoms with Gasteiger partial charge in [-0.2, -0.15) is 0 Å². The number of rotatable bonds is 5. The van der Waals surface area contributed by atoms with Crippen LogP contribution in [0.3, 0.4) is 0 Å². The van der Waals surface area contributed by atoms with Crippen molar-refractivity contribution in [3.8, 4) is 5.75 Å². The molecule has 0 aliphatic carbocycles. The van der Waals surface area contributed by atoms with Crippen molar-refractivity contribution in [1.29, 1.82) is 0 Å². The molecule has 108 valence electrons. The summed E-state index contributed by atoms with van der Waals surface area (Å²) in [4.78, 5) is 4.63. The van der Waals surface area contributed by atoms with Gasteiger partial charge >= 0.3 is 0 Å². The number of nitrogens with two attached hydrogens (primary N) is 1. The van der Waals surface area contributed by atoms with Crippen molar-refractivity contribution in [1.82, 2.24) is 4.98 Å². The quantitative estimate of drug-likeness (QED) is 0.776. The third-order valence-corrected chi connectivity index (χ3v) is 4.46. The lowest BCUT2D eigenvalue weighted by molar-refractivity contribution is 0.340. The van der Waals surface area contributed by atoms with Crippen LogP contribution >= 0.6 is 11.3 Å². The highest BCUT2D eigenvalue weighted by atomic mass is 32.1. The Morgan fingerprint density at radius 1 is 1.19 bits per heavy atom. The van der Waals surface area contributed by atoms with E-state index in [4.69, 9.17) is 10.5 Å². The number of thiazole rings is 1. The third-order valence-electron chi connectivity index (χ3n) is 3.29. The largest absolute Gasteiger partial charge is 0.494 e. The molecule has 3 aromatic rings. The van der Waals surface area contributed by atoms with Crippen LogP contribution in [0.1, 0.15) is 23.5 Å². The summed E-state index contributed by atoms with van der Waals surface area (Å²) < 4.78 is 6.71. The lowest BCUT2D eigenvalue weighted by Gasteiger charge is -2.10. The molecule has 21 heavy (non-hydrogen) atoms. The van der Waals surface area contributed by atoms with Crippen LogP contribution in [0, 0.1) is 0 Å². The van der Waals surface area contributed by atoms with Crippen LogP contribution in [0.5, 0.6) is 5.75 Å². The van der Waals surface area contributed by atoms with Crippen molar-refractivity contribution in [2.75, 3.05) is 6.61 Å². The molecular formula is C17H18N2OS. The van der Waals surface area contributed by atoms with Gasteiger partial charge in [-0.25, -0.2) is 4.98 Å². The molecule has 0 radical (unpaired) electrons. The predicted molar refractivity (Wildman–Crippen MR) is 87.9 cm³/mol. The molecule has 3 nitrogen and oxygen atoms in total. The van der Waals surface area contributed by atoms with Crippen LogP contribution < -0.4 is 10.5 Å². The van der Waals surface area contributed by atoms with E-state index in [0.717, 1.165) is 22.7 Å². The third kappa shape index (κ3) is 3.23. The van der Waals surface area contributed by atoms with Crippen molar-refractivity contribution < 1.29 is 4.74 Å². The number of ether oxygens (including phenoxy) is 1. The van der Waals surface area contributed by atoms with Crippen molar-refractivity contribution in [2.24, 2.45) is 5.73 Å². The van der Waals surface area contributed by atoms with Crippen LogP contribution in [-0.2, 0) is 6.42 Å². The average Bonchev–Trinajstić information content (AvgIpc) is 2.92. The van der Waals surface area contributed by atoms with Gasteiger partial charge in [0.1, 0.15) is 10.8 Å². The Morgan fingerprint density at radius 2 is 2.05 bits per heavy atom. The number of fused-ring (bicyclic) bond motifs is 1. The number of para-hydroxylation sites is 1. The minimum Gasteiger partial charge on any atom is -0.494 e. The molecule has 1 aromatic heterocycles. The van der Waals surface area contributed by atoms with Gasteiger partial charge in [-0.05, 0) is 43.2 Å². The first kappa shape index (κ1) is 14.0. The number of benzene rings is 2. The van der Waals surface area contributed by atoms with E-state index >= 15 is 0 Å². The van der Waals surface area contributed by atoms with Gasteiger partial charge < -0.3 is 10.5 Å². The van der Waals surface area contributed by atoms with E-state index in [9.17, 15) is 0 Å². The van der Waals surface area contributed by atoms with E-state index in [1.165, 1.54) is 10.3 Å². The Labute approximate surface area is 128 Å². The monoisotopic (exact) mass is 298 g/mol. The first-order chi connectivity index (χ1) is 10.3. The van der Waals surface area contributed by atoms with Crippen molar-refractivity contribution in [2.45, 2.75) is 19.4 Å². The number of nitrogens with zero attached hydrogens (tertiary/aromatic N) is 1. The molecule has 2 N–H and O–H groups in total. The summed E-state index contributed by atoms with van der Waals surface area (Å²) in [6.45, 7) is 2.66. The van der Waals surface area contributed by atoms with E-state index in [1.54, 1.807) is 11.3 Å². The Hall–Kier alpha value is -1.91. The molecule has 3 rings (SSSR count). The average molecular weight is 298 g/mol.